The highest BCUT2D eigenvalue weighted by Crippen LogP contribution is 2.64. The Morgan fingerprint density at radius 1 is 0.611 bits per heavy atom. The van der Waals surface area contributed by atoms with Gasteiger partial charge in [0, 0.05) is 0 Å². The maximum atomic E-state index is 3.05. The molecule has 0 aromatic carbocycles. The van der Waals surface area contributed by atoms with Gasteiger partial charge in [-0.2, -0.15) is 0 Å². The van der Waals surface area contributed by atoms with E-state index < -0.39 is 16.5 Å². The Bertz CT molecular complexity index is 218. The van der Waals surface area contributed by atoms with Gasteiger partial charge in [-0.3, -0.25) is 0 Å². The fraction of sp³-hybridized carbons (Fsp3) is 1.00. The average Bonchev–Trinajstić information content (AvgIpc) is 1.89. The van der Waals surface area contributed by atoms with Crippen molar-refractivity contribution in [3.63, 3.8) is 0 Å². The summed E-state index contributed by atoms with van der Waals surface area (Å²) in [7, 11) is -2.69. The van der Waals surface area contributed by atoms with Crippen LogP contribution in [0.3, 0.4) is 0 Å². The summed E-state index contributed by atoms with van der Waals surface area (Å²) < 4.78 is 3.05. The molecule has 0 bridgehead atoms. The summed E-state index contributed by atoms with van der Waals surface area (Å²) in [5.74, 6) is 0. The summed E-state index contributed by atoms with van der Waals surface area (Å²) >= 11 is 0. The SMILES string of the molecule is CC(C)(C)P(N([Si](C)(C)C)[Si](C)(C)C)C(C)(C)C. The molecule has 0 heterocycles. The Labute approximate surface area is 120 Å². The van der Waals surface area contributed by atoms with Crippen LogP contribution in [0, 0.1) is 0 Å². The average molecular weight is 306 g/mol. The molecule has 0 N–H and O–H groups in total. The lowest BCUT2D eigenvalue weighted by Crippen LogP contribution is -2.59. The molecule has 0 spiro atoms. The van der Waals surface area contributed by atoms with Crippen LogP contribution in [0.1, 0.15) is 41.5 Å². The maximum Gasteiger partial charge on any atom is 0.116 e. The summed E-state index contributed by atoms with van der Waals surface area (Å²) in [4.78, 5) is 0. The molecule has 0 aliphatic carbocycles. The van der Waals surface area contributed by atoms with Crippen molar-refractivity contribution in [2.45, 2.75) is 91.1 Å². The first-order valence-electron chi connectivity index (χ1n) is 7.09. The van der Waals surface area contributed by atoms with E-state index in [0.29, 0.717) is 10.3 Å². The Hall–Kier alpha value is 0.824. The van der Waals surface area contributed by atoms with Crippen LogP contribution in [0.25, 0.3) is 0 Å². The van der Waals surface area contributed by atoms with E-state index in [9.17, 15) is 0 Å². The Kier molecular flexibility index (Phi) is 5.55. The van der Waals surface area contributed by atoms with Gasteiger partial charge >= 0.3 is 0 Å². The highest BCUT2D eigenvalue weighted by molar-refractivity contribution is 7.63. The van der Waals surface area contributed by atoms with Crippen molar-refractivity contribution < 1.29 is 0 Å². The molecule has 0 aromatic rings. The molecule has 0 saturated heterocycles. The molecule has 110 valence electrons. The lowest BCUT2D eigenvalue weighted by molar-refractivity contribution is 0.668. The lowest BCUT2D eigenvalue weighted by Gasteiger charge is -2.57. The first-order valence-corrected chi connectivity index (χ1v) is 15.3. The summed E-state index contributed by atoms with van der Waals surface area (Å²) in [5.41, 5.74) is 0. The fourth-order valence-electron chi connectivity index (χ4n) is 3.21. The third-order valence-corrected chi connectivity index (χ3v) is 17.0. The van der Waals surface area contributed by atoms with E-state index >= 15 is 0 Å². The van der Waals surface area contributed by atoms with Gasteiger partial charge in [0.25, 0.3) is 0 Å². The van der Waals surface area contributed by atoms with Crippen LogP contribution in [-0.4, -0.2) is 30.8 Å². The van der Waals surface area contributed by atoms with Crippen molar-refractivity contribution in [2.24, 2.45) is 0 Å². The number of hydrogen-bond donors (Lipinski definition) is 0. The van der Waals surface area contributed by atoms with E-state index in [1.54, 1.807) is 0 Å². The quantitative estimate of drug-likeness (QED) is 0.460. The molecule has 1 nitrogen and oxygen atoms in total. The molecule has 0 saturated carbocycles. The Balaban J connectivity index is 5.84. The largest absolute Gasteiger partial charge is 0.323 e. The topological polar surface area (TPSA) is 3.24 Å². The van der Waals surface area contributed by atoms with Gasteiger partial charge in [-0.1, -0.05) is 80.8 Å². The van der Waals surface area contributed by atoms with Crippen molar-refractivity contribution in [1.29, 1.82) is 0 Å². The highest BCUT2D eigenvalue weighted by Gasteiger charge is 2.48. The second-order valence-corrected chi connectivity index (χ2v) is 23.8. The predicted molar refractivity (Wildman–Crippen MR) is 95.0 cm³/mol. The maximum absolute atomic E-state index is 3.05. The van der Waals surface area contributed by atoms with Crippen molar-refractivity contribution in [2.75, 3.05) is 0 Å². The fourth-order valence-corrected chi connectivity index (χ4v) is 22.9. The van der Waals surface area contributed by atoms with E-state index in [2.05, 4.69) is 84.8 Å². The first-order chi connectivity index (χ1) is 7.49. The third-order valence-electron chi connectivity index (χ3n) is 2.74. The summed E-state index contributed by atoms with van der Waals surface area (Å²) in [6.07, 6.45) is 0. The number of rotatable bonds is 3. The first kappa shape index (κ1) is 18.8. The van der Waals surface area contributed by atoms with Gasteiger partial charge in [0.2, 0.25) is 0 Å². The smallest absolute Gasteiger partial charge is 0.116 e. The zero-order chi connectivity index (χ0) is 15.2. The minimum absolute atomic E-state index is 0.126. The van der Waals surface area contributed by atoms with Gasteiger partial charge in [-0.15, -0.1) is 0 Å². The molecule has 0 unspecified atom stereocenters. The van der Waals surface area contributed by atoms with Crippen LogP contribution in [-0.2, 0) is 0 Å². The molecule has 0 atom stereocenters. The van der Waals surface area contributed by atoms with Crippen LogP contribution in [0.15, 0.2) is 0 Å². The van der Waals surface area contributed by atoms with E-state index in [-0.39, 0.29) is 8.07 Å². The number of nitrogens with zero attached hydrogens (tertiary/aromatic N) is 1. The van der Waals surface area contributed by atoms with Crippen molar-refractivity contribution in [3.8, 4) is 0 Å². The van der Waals surface area contributed by atoms with E-state index in [1.165, 1.54) is 0 Å². The van der Waals surface area contributed by atoms with Crippen LogP contribution >= 0.6 is 8.07 Å². The van der Waals surface area contributed by atoms with Gasteiger partial charge in [-0.25, -0.2) is 0 Å². The Morgan fingerprint density at radius 3 is 0.889 bits per heavy atom. The molecular weight excluding hydrogens is 269 g/mol. The molecular formula is C14H36NPSi2. The molecule has 0 aliphatic rings. The van der Waals surface area contributed by atoms with Crippen LogP contribution in [0.2, 0.25) is 39.3 Å². The summed E-state index contributed by atoms with van der Waals surface area (Å²) in [6.45, 7) is 29.8. The van der Waals surface area contributed by atoms with Gasteiger partial charge < -0.3 is 4.00 Å². The second kappa shape index (κ2) is 5.31. The lowest BCUT2D eigenvalue weighted by atomic mass is 10.2. The monoisotopic (exact) mass is 305 g/mol. The van der Waals surface area contributed by atoms with Crippen LogP contribution in [0.4, 0.5) is 0 Å². The van der Waals surface area contributed by atoms with Crippen LogP contribution < -0.4 is 0 Å². The minimum atomic E-state index is -1.28. The molecule has 0 fully saturated rings. The molecule has 4 heteroatoms. The van der Waals surface area contributed by atoms with Crippen molar-refractivity contribution >= 4 is 24.5 Å². The molecule has 0 aliphatic heterocycles. The van der Waals surface area contributed by atoms with E-state index in [0.717, 1.165) is 0 Å². The van der Waals surface area contributed by atoms with Crippen LogP contribution in [0.5, 0.6) is 0 Å². The molecule has 0 radical (unpaired) electrons. The molecule has 0 aromatic heterocycles. The van der Waals surface area contributed by atoms with Gasteiger partial charge in [0.15, 0.2) is 0 Å². The number of hydrogen-bond acceptors (Lipinski definition) is 1. The standard InChI is InChI=1S/C14H36NPSi2/c1-13(2,3)16(14(4,5)6)15(17(7,8)9)18(10,11)12/h1-12H3. The molecule has 18 heavy (non-hydrogen) atoms. The summed E-state index contributed by atoms with van der Waals surface area (Å²) in [5, 5.41) is 0.794. The zero-order valence-electron chi connectivity index (χ0n) is 14.9. The van der Waals surface area contributed by atoms with Gasteiger partial charge in [-0.05, 0) is 18.4 Å². The summed E-state index contributed by atoms with van der Waals surface area (Å²) in [6, 6.07) is 0. The van der Waals surface area contributed by atoms with Gasteiger partial charge in [0.1, 0.15) is 16.5 Å². The molecule has 0 rings (SSSR count). The van der Waals surface area contributed by atoms with Crippen molar-refractivity contribution in [1.82, 2.24) is 4.00 Å². The zero-order valence-corrected chi connectivity index (χ0v) is 17.8. The van der Waals surface area contributed by atoms with Crippen molar-refractivity contribution in [3.05, 3.63) is 0 Å². The van der Waals surface area contributed by atoms with E-state index in [4.69, 9.17) is 0 Å². The normalized spacial score (nSPS) is 15.7. The van der Waals surface area contributed by atoms with Gasteiger partial charge in [0.05, 0.1) is 0 Å². The minimum Gasteiger partial charge on any atom is -0.323 e. The molecule has 0 amide bonds. The predicted octanol–water partition coefficient (Wildman–Crippen LogP) is 5.95. The van der Waals surface area contributed by atoms with E-state index in [1.807, 2.05) is 0 Å². The second-order valence-electron chi connectivity index (χ2n) is 9.31. The third kappa shape index (κ3) is 5.07. The Morgan fingerprint density at radius 2 is 0.833 bits per heavy atom. The highest BCUT2D eigenvalue weighted by atomic mass is 31.1.